The Balaban J connectivity index is 1.89. The molecule has 21 heavy (non-hydrogen) atoms. The molecule has 1 aromatic heterocycles. The van der Waals surface area contributed by atoms with Crippen LogP contribution in [0.1, 0.15) is 22.2 Å². The van der Waals surface area contributed by atoms with Crippen molar-refractivity contribution in [1.82, 2.24) is 10.4 Å². The Labute approximate surface area is 126 Å². The number of thiazole rings is 1. The minimum Gasteiger partial charge on any atom is -0.271 e. The lowest BCUT2D eigenvalue weighted by molar-refractivity contribution is 0.543. The first-order chi connectivity index (χ1) is 10.2. The summed E-state index contributed by atoms with van der Waals surface area (Å²) in [5.74, 6) is 5.41. The van der Waals surface area contributed by atoms with E-state index in [0.717, 1.165) is 26.4 Å². The molecule has 0 radical (unpaired) electrons. The number of rotatable bonds is 4. The summed E-state index contributed by atoms with van der Waals surface area (Å²) in [4.78, 5) is 4.60. The molecule has 3 rings (SSSR count). The first-order valence-electron chi connectivity index (χ1n) is 6.73. The van der Waals surface area contributed by atoms with E-state index in [1.807, 2.05) is 37.3 Å². The average Bonchev–Trinajstić information content (AvgIpc) is 2.86. The number of hydrogen-bond donors (Lipinski definition) is 2. The molecule has 0 aliphatic heterocycles. The summed E-state index contributed by atoms with van der Waals surface area (Å²) < 4.78 is 14.7. The first-order valence-corrected chi connectivity index (χ1v) is 7.55. The van der Waals surface area contributed by atoms with Crippen molar-refractivity contribution in [3.63, 3.8) is 0 Å². The molecule has 3 N–H and O–H groups in total. The summed E-state index contributed by atoms with van der Waals surface area (Å²) in [6, 6.07) is 12.8. The van der Waals surface area contributed by atoms with E-state index in [0.29, 0.717) is 6.42 Å². The molecule has 0 spiro atoms. The Morgan fingerprint density at radius 1 is 1.29 bits per heavy atom. The molecule has 3 aromatic rings. The summed E-state index contributed by atoms with van der Waals surface area (Å²) in [7, 11) is 0. The third-order valence-corrected chi connectivity index (χ3v) is 4.44. The van der Waals surface area contributed by atoms with Crippen molar-refractivity contribution in [2.24, 2.45) is 5.84 Å². The average molecular weight is 301 g/mol. The van der Waals surface area contributed by atoms with Gasteiger partial charge in [-0.25, -0.2) is 9.37 Å². The van der Waals surface area contributed by atoms with E-state index in [2.05, 4.69) is 10.4 Å². The summed E-state index contributed by atoms with van der Waals surface area (Å²) >= 11 is 1.64. The van der Waals surface area contributed by atoms with Gasteiger partial charge >= 0.3 is 0 Å². The fraction of sp³-hybridized carbons (Fsp3) is 0.188. The quantitative estimate of drug-likeness (QED) is 0.573. The molecule has 0 saturated heterocycles. The Morgan fingerprint density at radius 3 is 2.81 bits per heavy atom. The van der Waals surface area contributed by atoms with Gasteiger partial charge in [-0.05, 0) is 42.3 Å². The number of para-hydroxylation sites is 1. The molecule has 108 valence electrons. The Bertz CT molecular complexity index is 716. The number of aryl methyl sites for hydroxylation is 1. The van der Waals surface area contributed by atoms with Crippen molar-refractivity contribution >= 4 is 21.6 Å². The predicted octanol–water partition coefficient (Wildman–Crippen LogP) is 3.49. The minimum atomic E-state index is -0.241. The van der Waals surface area contributed by atoms with Gasteiger partial charge in [0.15, 0.2) is 0 Å². The lowest BCUT2D eigenvalue weighted by Gasteiger charge is -2.15. The van der Waals surface area contributed by atoms with Crippen molar-refractivity contribution in [3.8, 4) is 0 Å². The molecular formula is C16H16FN3S. The van der Waals surface area contributed by atoms with Gasteiger partial charge in [0.05, 0.1) is 21.3 Å². The van der Waals surface area contributed by atoms with Crippen LogP contribution in [0.5, 0.6) is 0 Å². The zero-order chi connectivity index (χ0) is 14.8. The maximum Gasteiger partial charge on any atom is 0.123 e. The van der Waals surface area contributed by atoms with Gasteiger partial charge in [-0.1, -0.05) is 18.2 Å². The zero-order valence-electron chi connectivity index (χ0n) is 11.6. The van der Waals surface area contributed by atoms with Crippen LogP contribution in [0.3, 0.4) is 0 Å². The van der Waals surface area contributed by atoms with E-state index in [1.165, 1.54) is 12.1 Å². The van der Waals surface area contributed by atoms with Crippen LogP contribution >= 0.6 is 11.3 Å². The highest BCUT2D eigenvalue weighted by molar-refractivity contribution is 7.18. The van der Waals surface area contributed by atoms with E-state index in [-0.39, 0.29) is 11.9 Å². The van der Waals surface area contributed by atoms with Gasteiger partial charge in [-0.2, -0.15) is 0 Å². The van der Waals surface area contributed by atoms with Crippen LogP contribution in [-0.2, 0) is 6.42 Å². The van der Waals surface area contributed by atoms with Gasteiger partial charge in [-0.15, -0.1) is 11.3 Å². The molecule has 5 heteroatoms. The highest BCUT2D eigenvalue weighted by Crippen LogP contribution is 2.26. The van der Waals surface area contributed by atoms with Crippen LogP contribution < -0.4 is 11.3 Å². The third-order valence-electron chi connectivity index (χ3n) is 3.38. The molecule has 0 bridgehead atoms. The van der Waals surface area contributed by atoms with Crippen LogP contribution in [0.4, 0.5) is 4.39 Å². The van der Waals surface area contributed by atoms with Gasteiger partial charge < -0.3 is 0 Å². The summed E-state index contributed by atoms with van der Waals surface area (Å²) in [6.07, 6.45) is 0.638. The SMILES string of the molecule is Cc1cc(F)cc(C(Cc2nc3ccccc3s2)NN)c1. The van der Waals surface area contributed by atoms with Gasteiger partial charge in [-0.3, -0.25) is 11.3 Å². The fourth-order valence-corrected chi connectivity index (χ4v) is 3.43. The van der Waals surface area contributed by atoms with Crippen LogP contribution in [0.2, 0.25) is 0 Å². The summed E-state index contributed by atoms with van der Waals surface area (Å²) in [5.41, 5.74) is 5.48. The number of benzene rings is 2. The smallest absolute Gasteiger partial charge is 0.123 e. The minimum absolute atomic E-state index is 0.153. The molecule has 0 amide bonds. The van der Waals surface area contributed by atoms with Crippen LogP contribution in [0.25, 0.3) is 10.2 Å². The lowest BCUT2D eigenvalue weighted by atomic mass is 10.0. The molecule has 0 aliphatic rings. The van der Waals surface area contributed by atoms with Crippen molar-refractivity contribution in [1.29, 1.82) is 0 Å². The predicted molar refractivity (Wildman–Crippen MR) is 84.5 cm³/mol. The number of nitrogens with zero attached hydrogens (tertiary/aromatic N) is 1. The second-order valence-electron chi connectivity index (χ2n) is 5.06. The number of fused-ring (bicyclic) bond motifs is 1. The standard InChI is InChI=1S/C16H16FN3S/c1-10-6-11(8-12(17)7-10)14(20-18)9-16-19-13-4-2-3-5-15(13)21-16/h2-8,14,20H,9,18H2,1H3. The maximum absolute atomic E-state index is 13.5. The number of hydrazine groups is 1. The van der Waals surface area contributed by atoms with Gasteiger partial charge in [0, 0.05) is 6.42 Å². The van der Waals surface area contributed by atoms with Crippen LogP contribution in [0, 0.1) is 12.7 Å². The third kappa shape index (κ3) is 3.10. The Morgan fingerprint density at radius 2 is 2.10 bits per heavy atom. The second kappa shape index (κ2) is 5.89. The molecule has 0 saturated carbocycles. The van der Waals surface area contributed by atoms with E-state index in [1.54, 1.807) is 11.3 Å². The summed E-state index contributed by atoms with van der Waals surface area (Å²) in [5, 5.41) is 0.987. The molecule has 1 atom stereocenters. The topological polar surface area (TPSA) is 50.9 Å². The zero-order valence-corrected chi connectivity index (χ0v) is 12.5. The van der Waals surface area contributed by atoms with E-state index in [4.69, 9.17) is 5.84 Å². The molecule has 0 fully saturated rings. The van der Waals surface area contributed by atoms with Crippen LogP contribution in [-0.4, -0.2) is 4.98 Å². The van der Waals surface area contributed by atoms with Crippen molar-refractivity contribution in [3.05, 3.63) is 64.4 Å². The highest BCUT2D eigenvalue weighted by atomic mass is 32.1. The normalized spacial score (nSPS) is 12.7. The van der Waals surface area contributed by atoms with Gasteiger partial charge in [0.25, 0.3) is 0 Å². The molecule has 0 aliphatic carbocycles. The largest absolute Gasteiger partial charge is 0.271 e. The number of halogens is 1. The number of nitrogens with two attached hydrogens (primary N) is 1. The highest BCUT2D eigenvalue weighted by Gasteiger charge is 2.15. The summed E-state index contributed by atoms with van der Waals surface area (Å²) in [6.45, 7) is 1.87. The van der Waals surface area contributed by atoms with Crippen molar-refractivity contribution in [2.75, 3.05) is 0 Å². The fourth-order valence-electron chi connectivity index (χ4n) is 2.42. The number of aromatic nitrogens is 1. The molecule has 2 aromatic carbocycles. The molecule has 1 unspecified atom stereocenters. The Kier molecular flexibility index (Phi) is 3.96. The first kappa shape index (κ1) is 14.1. The molecule has 3 nitrogen and oxygen atoms in total. The second-order valence-corrected chi connectivity index (χ2v) is 6.18. The van der Waals surface area contributed by atoms with Crippen LogP contribution in [0.15, 0.2) is 42.5 Å². The lowest BCUT2D eigenvalue weighted by Crippen LogP contribution is -2.29. The number of hydrogen-bond acceptors (Lipinski definition) is 4. The van der Waals surface area contributed by atoms with Gasteiger partial charge in [0.1, 0.15) is 5.82 Å². The van der Waals surface area contributed by atoms with E-state index >= 15 is 0 Å². The van der Waals surface area contributed by atoms with E-state index in [9.17, 15) is 4.39 Å². The Hall–Kier alpha value is -1.82. The molecule has 1 heterocycles. The van der Waals surface area contributed by atoms with Crippen molar-refractivity contribution < 1.29 is 4.39 Å². The monoisotopic (exact) mass is 301 g/mol. The number of nitrogens with one attached hydrogen (secondary N) is 1. The van der Waals surface area contributed by atoms with Crippen molar-refractivity contribution in [2.45, 2.75) is 19.4 Å². The maximum atomic E-state index is 13.5. The molecular weight excluding hydrogens is 285 g/mol. The van der Waals surface area contributed by atoms with Gasteiger partial charge in [0.2, 0.25) is 0 Å². The van der Waals surface area contributed by atoms with E-state index < -0.39 is 0 Å².